The minimum atomic E-state index is -1.74. The molecule has 0 bridgehead atoms. The molecule has 6 N–H and O–H groups in total. The van der Waals surface area contributed by atoms with Crippen molar-refractivity contribution in [2.75, 3.05) is 6.61 Å². The van der Waals surface area contributed by atoms with Crippen molar-refractivity contribution in [1.82, 2.24) is 10.6 Å². The van der Waals surface area contributed by atoms with E-state index >= 15 is 0 Å². The fourth-order valence-corrected chi connectivity index (χ4v) is 2.82. The molecule has 1 aliphatic rings. The van der Waals surface area contributed by atoms with E-state index < -0.39 is 60.5 Å². The molecule has 152 valence electrons. The highest BCUT2D eigenvalue weighted by Crippen LogP contribution is 2.23. The van der Waals surface area contributed by atoms with Crippen molar-refractivity contribution in [2.24, 2.45) is 0 Å². The quantitative estimate of drug-likeness (QED) is 0.321. The molecule has 2 amide bonds. The summed E-state index contributed by atoms with van der Waals surface area (Å²) in [6, 6.07) is 5.93. The topological polar surface area (TPSA) is 165 Å². The summed E-state index contributed by atoms with van der Waals surface area (Å²) in [5.41, 5.74) is 0.299. The van der Waals surface area contributed by atoms with Gasteiger partial charge in [-0.3, -0.25) is 9.59 Å². The van der Waals surface area contributed by atoms with Crippen molar-refractivity contribution >= 4 is 17.8 Å². The number of benzene rings is 1. The maximum Gasteiger partial charge on any atom is 0.370 e. The van der Waals surface area contributed by atoms with Gasteiger partial charge in [0, 0.05) is 12.5 Å². The van der Waals surface area contributed by atoms with Gasteiger partial charge in [0.25, 0.3) is 5.91 Å². The van der Waals surface area contributed by atoms with E-state index in [4.69, 9.17) is 9.84 Å². The zero-order valence-electron chi connectivity index (χ0n) is 15.0. The maximum absolute atomic E-state index is 12.5. The Labute approximate surface area is 160 Å². The number of aliphatic hydroxyl groups excluding tert-OH is 3. The monoisotopic (exact) mass is 394 g/mol. The third-order valence-electron chi connectivity index (χ3n) is 4.17. The number of ether oxygens (including phenoxy) is 1. The fraction of sp³-hybridized carbons (Fsp3) is 0.389. The molecule has 0 saturated heterocycles. The van der Waals surface area contributed by atoms with Crippen molar-refractivity contribution in [3.63, 3.8) is 0 Å². The molecule has 0 fully saturated rings. The Kier molecular flexibility index (Phi) is 7.10. The maximum atomic E-state index is 12.5. The van der Waals surface area contributed by atoms with E-state index in [2.05, 4.69) is 10.6 Å². The SMILES string of the molecule is CC(=O)N[C@H]1[C@H]([C@H](O)[C@H](O)CO)OC(C(=O)O)=C[C@@H]1NC(=O)c1ccccc1. The van der Waals surface area contributed by atoms with Gasteiger partial charge in [0.05, 0.1) is 18.7 Å². The molecule has 1 heterocycles. The molecule has 10 nitrogen and oxygen atoms in total. The molecule has 0 aromatic heterocycles. The van der Waals surface area contributed by atoms with E-state index in [-0.39, 0.29) is 0 Å². The van der Waals surface area contributed by atoms with E-state index in [1.54, 1.807) is 30.3 Å². The van der Waals surface area contributed by atoms with Crippen LogP contribution in [0, 0.1) is 0 Å². The number of nitrogens with one attached hydrogen (secondary N) is 2. The van der Waals surface area contributed by atoms with Gasteiger partial charge in [-0.1, -0.05) is 18.2 Å². The van der Waals surface area contributed by atoms with Gasteiger partial charge in [0.2, 0.25) is 11.7 Å². The molecule has 2 rings (SSSR count). The second-order valence-electron chi connectivity index (χ2n) is 6.25. The van der Waals surface area contributed by atoms with Gasteiger partial charge >= 0.3 is 5.97 Å². The molecule has 1 aromatic carbocycles. The zero-order valence-corrected chi connectivity index (χ0v) is 15.0. The smallest absolute Gasteiger partial charge is 0.370 e. The summed E-state index contributed by atoms with van der Waals surface area (Å²) in [5.74, 6) is -3.11. The summed E-state index contributed by atoms with van der Waals surface area (Å²) in [4.78, 5) is 35.5. The number of carbonyl (C=O) groups is 3. The molecule has 1 aliphatic heterocycles. The minimum Gasteiger partial charge on any atom is -0.478 e. The lowest BCUT2D eigenvalue weighted by Crippen LogP contribution is -2.63. The lowest BCUT2D eigenvalue weighted by atomic mass is 9.91. The molecular formula is C18H22N2O8. The largest absolute Gasteiger partial charge is 0.478 e. The van der Waals surface area contributed by atoms with Crippen LogP contribution in [-0.2, 0) is 14.3 Å². The molecule has 0 saturated carbocycles. The van der Waals surface area contributed by atoms with Crippen LogP contribution in [0.4, 0.5) is 0 Å². The molecule has 10 heteroatoms. The Morgan fingerprint density at radius 1 is 1.14 bits per heavy atom. The predicted octanol–water partition coefficient (Wildman–Crippen LogP) is -1.63. The van der Waals surface area contributed by atoms with Crippen LogP contribution in [0.3, 0.4) is 0 Å². The summed E-state index contributed by atoms with van der Waals surface area (Å²) in [7, 11) is 0. The van der Waals surface area contributed by atoms with Crippen LogP contribution in [0.15, 0.2) is 42.2 Å². The van der Waals surface area contributed by atoms with E-state index in [1.165, 1.54) is 6.92 Å². The number of amides is 2. The Balaban J connectivity index is 2.38. The van der Waals surface area contributed by atoms with Crippen molar-refractivity contribution in [1.29, 1.82) is 0 Å². The Morgan fingerprint density at radius 3 is 2.32 bits per heavy atom. The average Bonchev–Trinajstić information content (AvgIpc) is 2.67. The van der Waals surface area contributed by atoms with Gasteiger partial charge in [-0.2, -0.15) is 0 Å². The molecule has 0 aliphatic carbocycles. The van der Waals surface area contributed by atoms with E-state index in [0.717, 1.165) is 6.08 Å². The van der Waals surface area contributed by atoms with Crippen LogP contribution in [0.5, 0.6) is 0 Å². The third-order valence-corrected chi connectivity index (χ3v) is 4.17. The average molecular weight is 394 g/mol. The highest BCUT2D eigenvalue weighted by atomic mass is 16.5. The van der Waals surface area contributed by atoms with Crippen LogP contribution in [0.25, 0.3) is 0 Å². The van der Waals surface area contributed by atoms with Crippen LogP contribution in [-0.4, -0.2) is 75.2 Å². The van der Waals surface area contributed by atoms with Gasteiger partial charge in [-0.15, -0.1) is 0 Å². The minimum absolute atomic E-state index is 0.299. The highest BCUT2D eigenvalue weighted by Gasteiger charge is 2.44. The normalized spacial score (nSPS) is 23.6. The van der Waals surface area contributed by atoms with Crippen molar-refractivity contribution in [2.45, 2.75) is 37.3 Å². The fourth-order valence-electron chi connectivity index (χ4n) is 2.82. The molecule has 0 spiro atoms. The van der Waals surface area contributed by atoms with Gasteiger partial charge in [-0.25, -0.2) is 4.79 Å². The van der Waals surface area contributed by atoms with Crippen molar-refractivity contribution in [3.05, 3.63) is 47.7 Å². The first-order chi connectivity index (χ1) is 13.2. The summed E-state index contributed by atoms with van der Waals surface area (Å²) in [5, 5.41) is 43.5. The highest BCUT2D eigenvalue weighted by molar-refractivity contribution is 5.94. The number of rotatable bonds is 7. The van der Waals surface area contributed by atoms with Gasteiger partial charge in [0.1, 0.15) is 18.3 Å². The number of carboxylic acids is 1. The number of aliphatic carboxylic acids is 1. The molecule has 5 atom stereocenters. The Hall–Kier alpha value is -2.95. The molecular weight excluding hydrogens is 372 g/mol. The number of carboxylic acid groups (broad SMARTS) is 1. The van der Waals surface area contributed by atoms with Crippen molar-refractivity contribution in [3.8, 4) is 0 Å². The van der Waals surface area contributed by atoms with E-state index in [9.17, 15) is 29.7 Å². The first kappa shape index (κ1) is 21.4. The lowest BCUT2D eigenvalue weighted by Gasteiger charge is -2.40. The summed E-state index contributed by atoms with van der Waals surface area (Å²) in [6.45, 7) is 0.374. The van der Waals surface area contributed by atoms with Gasteiger partial charge in [-0.05, 0) is 18.2 Å². The first-order valence-electron chi connectivity index (χ1n) is 8.46. The number of carbonyl (C=O) groups excluding carboxylic acids is 2. The number of hydrogen-bond donors (Lipinski definition) is 6. The molecule has 1 aromatic rings. The Bertz CT molecular complexity index is 751. The van der Waals surface area contributed by atoms with E-state index in [0.29, 0.717) is 5.56 Å². The second-order valence-corrected chi connectivity index (χ2v) is 6.25. The van der Waals surface area contributed by atoms with Crippen LogP contribution in [0.1, 0.15) is 17.3 Å². The Morgan fingerprint density at radius 2 is 1.79 bits per heavy atom. The standard InChI is InChI=1S/C18H22N2O8/c1-9(22)19-14-11(20-17(25)10-5-3-2-4-6-10)7-13(18(26)27)28-16(14)15(24)12(23)8-21/h2-7,11-12,14-16,21,23-24H,8H2,1H3,(H,19,22)(H,20,25)(H,26,27)/t11-,12+,14+,15+,16+/m0/s1. The van der Waals surface area contributed by atoms with Crippen molar-refractivity contribution < 1.29 is 39.5 Å². The molecule has 0 unspecified atom stereocenters. The first-order valence-corrected chi connectivity index (χ1v) is 8.46. The lowest BCUT2D eigenvalue weighted by molar-refractivity contribution is -0.146. The van der Waals surface area contributed by atoms with Crippen LogP contribution < -0.4 is 10.6 Å². The molecule has 28 heavy (non-hydrogen) atoms. The van der Waals surface area contributed by atoms with E-state index in [1.807, 2.05) is 0 Å². The summed E-state index contributed by atoms with van der Waals surface area (Å²) >= 11 is 0. The summed E-state index contributed by atoms with van der Waals surface area (Å²) in [6.07, 6.45) is -3.73. The third kappa shape index (κ3) is 5.06. The van der Waals surface area contributed by atoms with Gasteiger partial charge < -0.3 is 35.8 Å². The van der Waals surface area contributed by atoms with Crippen LogP contribution >= 0.6 is 0 Å². The zero-order chi connectivity index (χ0) is 20.8. The van der Waals surface area contributed by atoms with Gasteiger partial charge in [0.15, 0.2) is 0 Å². The number of hydrogen-bond acceptors (Lipinski definition) is 7. The predicted molar refractivity (Wildman–Crippen MR) is 95.0 cm³/mol. The summed E-state index contributed by atoms with van der Waals surface area (Å²) < 4.78 is 5.24. The number of aliphatic hydroxyl groups is 3. The molecule has 0 radical (unpaired) electrons. The second kappa shape index (κ2) is 9.31. The van der Waals surface area contributed by atoms with Crippen LogP contribution in [0.2, 0.25) is 0 Å².